The molecule has 2 radical (unpaired) electrons. The molecule has 1 N–H and O–H groups in total. The average Bonchev–Trinajstić information content (AvgIpc) is 2.12. The molecule has 0 aliphatic carbocycles. The van der Waals surface area contributed by atoms with Gasteiger partial charge >= 0.3 is 5.96 Å². The summed E-state index contributed by atoms with van der Waals surface area (Å²) in [5.74, 6) is -0.218. The minimum absolute atomic E-state index is 0.218. The SMILES string of the molecule is O=[N+]([O-])C1=NC[C]N1. The van der Waals surface area contributed by atoms with Crippen molar-refractivity contribution in [3.05, 3.63) is 16.7 Å². The molecule has 0 bridgehead atoms. The van der Waals surface area contributed by atoms with Crippen LogP contribution in [0.2, 0.25) is 0 Å². The van der Waals surface area contributed by atoms with E-state index in [1.807, 2.05) is 0 Å². The lowest BCUT2D eigenvalue weighted by atomic mass is 10.7. The Hall–Kier alpha value is -1.13. The van der Waals surface area contributed by atoms with Crippen LogP contribution in [0.4, 0.5) is 0 Å². The third kappa shape index (κ3) is 0.749. The second-order valence-corrected chi connectivity index (χ2v) is 1.20. The summed E-state index contributed by atoms with van der Waals surface area (Å²) >= 11 is 0. The first-order valence-electron chi connectivity index (χ1n) is 1.98. The van der Waals surface area contributed by atoms with Crippen LogP contribution in [0.25, 0.3) is 0 Å². The average molecular weight is 113 g/mol. The molecule has 0 unspecified atom stereocenters. The Bertz CT molecular complexity index is 141. The molecule has 1 aliphatic heterocycles. The largest absolute Gasteiger partial charge is 0.423 e. The molecule has 1 rings (SSSR count). The number of nitro groups is 1. The highest BCUT2D eigenvalue weighted by atomic mass is 16.6. The zero-order valence-electron chi connectivity index (χ0n) is 3.92. The van der Waals surface area contributed by atoms with Gasteiger partial charge in [0.15, 0.2) is 0 Å². The number of rotatable bonds is 0. The second-order valence-electron chi connectivity index (χ2n) is 1.20. The van der Waals surface area contributed by atoms with Crippen LogP contribution >= 0.6 is 0 Å². The lowest BCUT2D eigenvalue weighted by Gasteiger charge is -1.89. The summed E-state index contributed by atoms with van der Waals surface area (Å²) in [6, 6.07) is 0. The molecule has 0 aromatic heterocycles. The van der Waals surface area contributed by atoms with Crippen LogP contribution < -0.4 is 5.32 Å². The lowest BCUT2D eigenvalue weighted by Crippen LogP contribution is -2.23. The fourth-order valence-electron chi connectivity index (χ4n) is 0.376. The Balaban J connectivity index is 2.57. The maximum absolute atomic E-state index is 9.77. The van der Waals surface area contributed by atoms with E-state index in [1.165, 1.54) is 0 Å². The van der Waals surface area contributed by atoms with Crippen molar-refractivity contribution in [1.29, 1.82) is 0 Å². The fourth-order valence-corrected chi connectivity index (χ4v) is 0.376. The Morgan fingerprint density at radius 2 is 2.75 bits per heavy atom. The Morgan fingerprint density at radius 3 is 3.00 bits per heavy atom. The van der Waals surface area contributed by atoms with E-state index in [1.54, 1.807) is 0 Å². The van der Waals surface area contributed by atoms with Gasteiger partial charge in [-0.1, -0.05) is 0 Å². The molecule has 5 heteroatoms. The van der Waals surface area contributed by atoms with Crippen molar-refractivity contribution < 1.29 is 4.92 Å². The molecule has 0 saturated heterocycles. The van der Waals surface area contributed by atoms with Crippen LogP contribution in [0, 0.1) is 16.7 Å². The van der Waals surface area contributed by atoms with Crippen molar-refractivity contribution in [2.45, 2.75) is 0 Å². The molecular formula is C3H3N3O2. The van der Waals surface area contributed by atoms with E-state index in [0.29, 0.717) is 0 Å². The minimum Gasteiger partial charge on any atom is -0.390 e. The third-order valence-corrected chi connectivity index (χ3v) is 0.681. The van der Waals surface area contributed by atoms with Gasteiger partial charge in [0, 0.05) is 0 Å². The van der Waals surface area contributed by atoms with Gasteiger partial charge in [-0.15, -0.1) is 4.99 Å². The van der Waals surface area contributed by atoms with E-state index in [9.17, 15) is 10.1 Å². The highest BCUT2D eigenvalue weighted by molar-refractivity contribution is 5.74. The fraction of sp³-hybridized carbons (Fsp3) is 0.333. The van der Waals surface area contributed by atoms with Crippen molar-refractivity contribution in [3.8, 4) is 0 Å². The zero-order chi connectivity index (χ0) is 5.98. The van der Waals surface area contributed by atoms with Crippen molar-refractivity contribution >= 4 is 5.96 Å². The zero-order valence-corrected chi connectivity index (χ0v) is 3.92. The van der Waals surface area contributed by atoms with Crippen molar-refractivity contribution in [2.24, 2.45) is 4.99 Å². The number of guanidine groups is 1. The predicted octanol–water partition coefficient (Wildman–Crippen LogP) is -0.739. The lowest BCUT2D eigenvalue weighted by molar-refractivity contribution is -0.354. The van der Waals surface area contributed by atoms with E-state index < -0.39 is 4.92 Å². The quantitative estimate of drug-likeness (QED) is 0.332. The first-order chi connectivity index (χ1) is 3.80. The van der Waals surface area contributed by atoms with Crippen molar-refractivity contribution in [3.63, 3.8) is 0 Å². The molecular weight excluding hydrogens is 110 g/mol. The van der Waals surface area contributed by atoms with Gasteiger partial charge < -0.3 is 10.1 Å². The van der Waals surface area contributed by atoms with Gasteiger partial charge in [0.2, 0.25) is 6.54 Å². The molecule has 5 nitrogen and oxygen atoms in total. The Kier molecular flexibility index (Phi) is 1.11. The van der Waals surface area contributed by atoms with Crippen LogP contribution in [0.15, 0.2) is 4.99 Å². The molecule has 0 saturated carbocycles. The number of aliphatic imine (C=N–C) groups is 1. The first-order valence-corrected chi connectivity index (χ1v) is 1.98. The third-order valence-electron chi connectivity index (χ3n) is 0.681. The molecule has 0 atom stereocenters. The van der Waals surface area contributed by atoms with E-state index in [0.717, 1.165) is 0 Å². The summed E-state index contributed by atoms with van der Waals surface area (Å²) in [4.78, 5) is 12.6. The molecule has 8 heavy (non-hydrogen) atoms. The van der Waals surface area contributed by atoms with Crippen LogP contribution in [-0.4, -0.2) is 17.4 Å². The molecule has 1 heterocycles. The van der Waals surface area contributed by atoms with E-state index >= 15 is 0 Å². The predicted molar refractivity (Wildman–Crippen MR) is 25.7 cm³/mol. The van der Waals surface area contributed by atoms with Crippen LogP contribution in [-0.2, 0) is 0 Å². The summed E-state index contributed by atoms with van der Waals surface area (Å²) in [6.45, 7) is 2.73. The van der Waals surface area contributed by atoms with E-state index in [2.05, 4.69) is 16.9 Å². The summed E-state index contributed by atoms with van der Waals surface area (Å²) in [6.07, 6.45) is 0. The Labute approximate surface area is 45.6 Å². The highest BCUT2D eigenvalue weighted by Gasteiger charge is 2.16. The molecule has 0 aromatic carbocycles. The highest BCUT2D eigenvalue weighted by Crippen LogP contribution is 1.87. The minimum atomic E-state index is -0.583. The van der Waals surface area contributed by atoms with Gasteiger partial charge in [0.05, 0.1) is 0 Å². The second kappa shape index (κ2) is 1.77. The van der Waals surface area contributed by atoms with E-state index in [4.69, 9.17) is 0 Å². The Morgan fingerprint density at radius 1 is 2.00 bits per heavy atom. The standard InChI is InChI=1S/C3H3N3O2/c7-6(8)3-4-1-2-5-3/h1H2,(H,4,5). The van der Waals surface area contributed by atoms with Gasteiger partial charge in [-0.3, -0.25) is 5.32 Å². The van der Waals surface area contributed by atoms with Crippen molar-refractivity contribution in [2.75, 3.05) is 6.54 Å². The molecule has 42 valence electrons. The smallest absolute Gasteiger partial charge is 0.390 e. The van der Waals surface area contributed by atoms with Crippen LogP contribution in [0.3, 0.4) is 0 Å². The van der Waals surface area contributed by atoms with Gasteiger partial charge in [-0.25, -0.2) is 0 Å². The van der Waals surface area contributed by atoms with Crippen molar-refractivity contribution in [1.82, 2.24) is 5.32 Å². The normalized spacial score (nSPS) is 17.2. The van der Waals surface area contributed by atoms with Crippen LogP contribution in [0.5, 0.6) is 0 Å². The number of hydrogen-bond acceptors (Lipinski definition) is 4. The summed E-state index contributed by atoms with van der Waals surface area (Å²) in [7, 11) is 0. The summed E-state index contributed by atoms with van der Waals surface area (Å²) in [5.41, 5.74) is 0. The maximum Gasteiger partial charge on any atom is 0.423 e. The van der Waals surface area contributed by atoms with Gasteiger partial charge in [0.1, 0.15) is 6.54 Å². The molecule has 0 aromatic rings. The topological polar surface area (TPSA) is 67.5 Å². The number of hydrogen-bond donors (Lipinski definition) is 1. The summed E-state index contributed by atoms with van der Waals surface area (Å²) < 4.78 is 0. The molecule has 0 fully saturated rings. The monoisotopic (exact) mass is 113 g/mol. The first kappa shape index (κ1) is 5.02. The maximum atomic E-state index is 9.77. The molecule has 0 spiro atoms. The molecule has 1 aliphatic rings. The number of nitrogens with zero attached hydrogens (tertiary/aromatic N) is 2. The van der Waals surface area contributed by atoms with Crippen LogP contribution in [0.1, 0.15) is 0 Å². The van der Waals surface area contributed by atoms with Gasteiger partial charge in [0.25, 0.3) is 0 Å². The number of nitrogens with one attached hydrogen (secondary N) is 1. The van der Waals surface area contributed by atoms with E-state index in [-0.39, 0.29) is 12.5 Å². The van der Waals surface area contributed by atoms with Gasteiger partial charge in [-0.05, 0) is 4.92 Å². The summed E-state index contributed by atoms with van der Waals surface area (Å²) in [5, 5.41) is 12.0. The molecule has 0 amide bonds. The van der Waals surface area contributed by atoms with Gasteiger partial charge in [-0.2, -0.15) is 0 Å².